The van der Waals surface area contributed by atoms with Crippen LogP contribution in [-0.4, -0.2) is 5.78 Å². The van der Waals surface area contributed by atoms with Crippen molar-refractivity contribution in [2.45, 2.75) is 25.7 Å². The molecule has 0 N–H and O–H groups in total. The van der Waals surface area contributed by atoms with E-state index < -0.39 is 0 Å². The van der Waals surface area contributed by atoms with Gasteiger partial charge in [0.05, 0.1) is 0 Å². The van der Waals surface area contributed by atoms with Gasteiger partial charge in [-0.3, -0.25) is 4.79 Å². The highest BCUT2D eigenvalue weighted by Gasteiger charge is 2.72. The Bertz CT molecular complexity index is 330. The molecule has 0 bridgehead atoms. The zero-order chi connectivity index (χ0) is 8.63. The van der Waals surface area contributed by atoms with Crippen molar-refractivity contribution in [3.63, 3.8) is 0 Å². The van der Waals surface area contributed by atoms with Gasteiger partial charge in [-0.15, -0.1) is 0 Å². The van der Waals surface area contributed by atoms with Gasteiger partial charge < -0.3 is 0 Å². The molecule has 1 heteroatoms. The van der Waals surface area contributed by atoms with Crippen molar-refractivity contribution in [2.24, 2.45) is 29.1 Å². The highest BCUT2D eigenvalue weighted by atomic mass is 16.1. The van der Waals surface area contributed by atoms with Crippen LogP contribution >= 0.6 is 0 Å². The summed E-state index contributed by atoms with van der Waals surface area (Å²) in [6.07, 6.45) is 9.49. The van der Waals surface area contributed by atoms with E-state index in [2.05, 4.69) is 12.2 Å². The van der Waals surface area contributed by atoms with Crippen LogP contribution in [0.1, 0.15) is 25.7 Å². The van der Waals surface area contributed by atoms with Crippen molar-refractivity contribution >= 4 is 5.78 Å². The largest absolute Gasteiger partial charge is 0.299 e. The van der Waals surface area contributed by atoms with E-state index in [1.807, 2.05) is 0 Å². The number of allylic oxidation sites excluding steroid dienone is 2. The van der Waals surface area contributed by atoms with E-state index in [1.54, 1.807) is 0 Å². The van der Waals surface area contributed by atoms with Gasteiger partial charge in [-0.1, -0.05) is 12.2 Å². The van der Waals surface area contributed by atoms with Crippen LogP contribution < -0.4 is 0 Å². The van der Waals surface area contributed by atoms with Crippen LogP contribution in [0.25, 0.3) is 0 Å². The minimum Gasteiger partial charge on any atom is -0.299 e. The van der Waals surface area contributed by atoms with Crippen LogP contribution in [0.15, 0.2) is 12.2 Å². The molecule has 0 heterocycles. The minimum atomic E-state index is 0.456. The second kappa shape index (κ2) is 1.77. The molecule has 4 aliphatic rings. The van der Waals surface area contributed by atoms with Crippen molar-refractivity contribution in [1.29, 1.82) is 0 Å². The number of hydrogen-bond donors (Lipinski definition) is 0. The fourth-order valence-electron chi connectivity index (χ4n) is 4.37. The van der Waals surface area contributed by atoms with E-state index in [1.165, 1.54) is 19.3 Å². The predicted octanol–water partition coefficient (Wildman–Crippen LogP) is 2.18. The molecule has 0 aliphatic heterocycles. The van der Waals surface area contributed by atoms with Crippen LogP contribution in [0.3, 0.4) is 0 Å². The van der Waals surface area contributed by atoms with E-state index >= 15 is 0 Å². The van der Waals surface area contributed by atoms with E-state index in [4.69, 9.17) is 0 Å². The molecule has 0 aromatic carbocycles. The summed E-state index contributed by atoms with van der Waals surface area (Å²) in [4.78, 5) is 11.8. The van der Waals surface area contributed by atoms with Gasteiger partial charge in [0.25, 0.3) is 0 Å². The summed E-state index contributed by atoms with van der Waals surface area (Å²) in [5.41, 5.74) is 0.565. The number of fused-ring (bicyclic) bond motifs is 3. The van der Waals surface area contributed by atoms with Crippen LogP contribution in [0.4, 0.5) is 0 Å². The molecule has 68 valence electrons. The Balaban J connectivity index is 1.79. The summed E-state index contributed by atoms with van der Waals surface area (Å²) < 4.78 is 0. The molecule has 0 radical (unpaired) electrons. The maximum Gasteiger partial charge on any atom is 0.136 e. The number of carbonyl (C=O) groups excluding carboxylic acids is 1. The van der Waals surface area contributed by atoms with Gasteiger partial charge in [-0.2, -0.15) is 0 Å². The second-order valence-corrected chi connectivity index (χ2v) is 5.36. The molecule has 0 amide bonds. The van der Waals surface area contributed by atoms with Crippen LogP contribution in [0.5, 0.6) is 0 Å². The number of Topliss-reactive ketones (excluding diaryl/α,β-unsaturated/α-hetero) is 1. The Morgan fingerprint density at radius 2 is 2.38 bits per heavy atom. The average molecular weight is 174 g/mol. The zero-order valence-electron chi connectivity index (χ0n) is 7.70. The number of rotatable bonds is 0. The second-order valence-electron chi connectivity index (χ2n) is 5.36. The molecule has 4 rings (SSSR count). The van der Waals surface area contributed by atoms with Gasteiger partial charge in [0, 0.05) is 12.3 Å². The molecule has 0 aromatic heterocycles. The minimum absolute atomic E-state index is 0.456. The highest BCUT2D eigenvalue weighted by Crippen LogP contribution is 2.77. The maximum atomic E-state index is 11.8. The Morgan fingerprint density at radius 1 is 1.46 bits per heavy atom. The lowest BCUT2D eigenvalue weighted by molar-refractivity contribution is -0.127. The van der Waals surface area contributed by atoms with Gasteiger partial charge in [0.15, 0.2) is 0 Å². The third-order valence-corrected chi connectivity index (χ3v) is 5.04. The number of ketones is 1. The van der Waals surface area contributed by atoms with E-state index in [0.29, 0.717) is 23.0 Å². The molecular formula is C12H14O. The van der Waals surface area contributed by atoms with Crippen LogP contribution in [-0.2, 0) is 4.79 Å². The fourth-order valence-corrected chi connectivity index (χ4v) is 4.37. The standard InChI is InChI=1S/C12H14O/c13-10-3-1-2-7-9-6-12(9)5-4-8(12)11(7)10/h4-5,7-9,11H,1-3,6H2. The topological polar surface area (TPSA) is 17.1 Å². The first-order chi connectivity index (χ1) is 6.33. The normalized spacial score (nSPS) is 60.8. The first-order valence-electron chi connectivity index (χ1n) is 5.55. The Labute approximate surface area is 78.2 Å². The third-order valence-electron chi connectivity index (χ3n) is 5.04. The predicted molar refractivity (Wildman–Crippen MR) is 49.0 cm³/mol. The summed E-state index contributed by atoms with van der Waals surface area (Å²) in [6, 6.07) is 0. The van der Waals surface area contributed by atoms with Crippen molar-refractivity contribution in [2.75, 3.05) is 0 Å². The lowest BCUT2D eigenvalue weighted by atomic mass is 9.68. The summed E-state index contributed by atoms with van der Waals surface area (Å²) >= 11 is 0. The van der Waals surface area contributed by atoms with Crippen molar-refractivity contribution in [3.05, 3.63) is 12.2 Å². The molecule has 1 spiro atoms. The zero-order valence-corrected chi connectivity index (χ0v) is 7.70. The Hall–Kier alpha value is -0.590. The molecule has 3 fully saturated rings. The SMILES string of the molecule is O=C1CCCC2C1C1C=CC13CC23. The van der Waals surface area contributed by atoms with Gasteiger partial charge in [0.2, 0.25) is 0 Å². The molecule has 3 saturated carbocycles. The molecule has 13 heavy (non-hydrogen) atoms. The molecule has 5 atom stereocenters. The fraction of sp³-hybridized carbons (Fsp3) is 0.750. The van der Waals surface area contributed by atoms with Crippen LogP contribution in [0, 0.1) is 29.1 Å². The smallest absolute Gasteiger partial charge is 0.136 e. The van der Waals surface area contributed by atoms with E-state index in [-0.39, 0.29) is 0 Å². The van der Waals surface area contributed by atoms with Gasteiger partial charge in [-0.25, -0.2) is 0 Å². The Morgan fingerprint density at radius 3 is 3.15 bits per heavy atom. The lowest BCUT2D eigenvalue weighted by Crippen LogP contribution is -2.34. The Kier molecular flexibility index (Phi) is 0.928. The van der Waals surface area contributed by atoms with Gasteiger partial charge in [0.1, 0.15) is 5.78 Å². The maximum absolute atomic E-state index is 11.8. The molecule has 1 nitrogen and oxygen atoms in total. The van der Waals surface area contributed by atoms with Crippen LogP contribution in [0.2, 0.25) is 0 Å². The number of hydrogen-bond acceptors (Lipinski definition) is 1. The quantitative estimate of drug-likeness (QED) is 0.514. The van der Waals surface area contributed by atoms with E-state index in [9.17, 15) is 4.79 Å². The first-order valence-corrected chi connectivity index (χ1v) is 5.55. The molecule has 0 aromatic rings. The summed E-state index contributed by atoms with van der Waals surface area (Å²) in [6.45, 7) is 0. The molecule has 0 saturated heterocycles. The highest BCUT2D eigenvalue weighted by molar-refractivity contribution is 5.84. The van der Waals surface area contributed by atoms with Crippen molar-refractivity contribution in [3.8, 4) is 0 Å². The monoisotopic (exact) mass is 174 g/mol. The van der Waals surface area contributed by atoms with E-state index in [0.717, 1.165) is 18.3 Å². The summed E-state index contributed by atoms with van der Waals surface area (Å²) in [5.74, 6) is 3.41. The third kappa shape index (κ3) is 0.562. The number of carbonyl (C=O) groups is 1. The summed E-state index contributed by atoms with van der Waals surface area (Å²) in [7, 11) is 0. The van der Waals surface area contributed by atoms with Crippen molar-refractivity contribution < 1.29 is 4.79 Å². The summed E-state index contributed by atoms with van der Waals surface area (Å²) in [5, 5.41) is 0. The molecular weight excluding hydrogens is 160 g/mol. The lowest BCUT2D eigenvalue weighted by Gasteiger charge is -2.34. The first kappa shape index (κ1) is 6.80. The van der Waals surface area contributed by atoms with Gasteiger partial charge >= 0.3 is 0 Å². The van der Waals surface area contributed by atoms with Gasteiger partial charge in [-0.05, 0) is 42.4 Å². The molecule has 5 unspecified atom stereocenters. The molecule has 4 aliphatic carbocycles. The van der Waals surface area contributed by atoms with Crippen molar-refractivity contribution in [1.82, 2.24) is 0 Å². The average Bonchev–Trinajstić information content (AvgIpc) is 2.79.